The first-order valence-corrected chi connectivity index (χ1v) is 11.6. The molecule has 6 heteroatoms. The second kappa shape index (κ2) is 10.9. The average Bonchev–Trinajstić information content (AvgIpc) is 2.67. The molecule has 3 rings (SSSR count). The third-order valence-electron chi connectivity index (χ3n) is 6.58. The molecule has 1 fully saturated rings. The van der Waals surface area contributed by atoms with E-state index in [1.54, 1.807) is 6.92 Å². The van der Waals surface area contributed by atoms with Gasteiger partial charge < -0.3 is 24.1 Å². The van der Waals surface area contributed by atoms with Gasteiger partial charge in [-0.05, 0) is 56.4 Å². The van der Waals surface area contributed by atoms with Gasteiger partial charge in [0.05, 0.1) is 31.3 Å². The molecule has 1 N–H and O–H groups in total. The molecule has 1 saturated heterocycles. The van der Waals surface area contributed by atoms with Gasteiger partial charge in [-0.15, -0.1) is 0 Å². The lowest BCUT2D eigenvalue weighted by molar-refractivity contribution is -0.350. The summed E-state index contributed by atoms with van der Waals surface area (Å²) in [5.41, 5.74) is 1.28. The van der Waals surface area contributed by atoms with Crippen molar-refractivity contribution >= 4 is 5.97 Å². The maximum absolute atomic E-state index is 11.9. The fourth-order valence-electron chi connectivity index (χ4n) is 5.20. The zero-order valence-electron chi connectivity index (χ0n) is 18.8. The Morgan fingerprint density at radius 1 is 1.13 bits per heavy atom. The van der Waals surface area contributed by atoms with Gasteiger partial charge in [-0.1, -0.05) is 32.1 Å². The van der Waals surface area contributed by atoms with Gasteiger partial charge in [0.2, 0.25) is 0 Å². The summed E-state index contributed by atoms with van der Waals surface area (Å²) >= 11 is 0. The van der Waals surface area contributed by atoms with Crippen LogP contribution in [-0.4, -0.2) is 49.1 Å². The molecule has 8 atom stereocenters. The number of ether oxygens (including phenoxy) is 4. The molecule has 1 heterocycles. The number of allylic oxidation sites excluding steroid dienone is 3. The summed E-state index contributed by atoms with van der Waals surface area (Å²) < 4.78 is 22.4. The van der Waals surface area contributed by atoms with Crippen molar-refractivity contribution < 1.29 is 28.8 Å². The van der Waals surface area contributed by atoms with Crippen LogP contribution in [0.2, 0.25) is 0 Å². The van der Waals surface area contributed by atoms with E-state index in [2.05, 4.69) is 32.1 Å². The molecule has 30 heavy (non-hydrogen) atoms. The number of esters is 1. The van der Waals surface area contributed by atoms with Crippen LogP contribution in [0.5, 0.6) is 0 Å². The predicted molar refractivity (Wildman–Crippen MR) is 113 cm³/mol. The van der Waals surface area contributed by atoms with Crippen molar-refractivity contribution in [2.75, 3.05) is 13.2 Å². The molecule has 2 aliphatic carbocycles. The van der Waals surface area contributed by atoms with E-state index in [0.717, 1.165) is 19.3 Å². The molecule has 0 aromatic carbocycles. The van der Waals surface area contributed by atoms with Crippen LogP contribution in [0, 0.1) is 23.7 Å². The Morgan fingerprint density at radius 3 is 2.63 bits per heavy atom. The summed E-state index contributed by atoms with van der Waals surface area (Å²) in [5.74, 6) is 1.15. The smallest absolute Gasteiger partial charge is 0.308 e. The molecular weight excluding hydrogens is 384 g/mol. The van der Waals surface area contributed by atoms with Gasteiger partial charge in [0, 0.05) is 18.9 Å². The first-order valence-electron chi connectivity index (χ1n) is 11.6. The van der Waals surface area contributed by atoms with Crippen LogP contribution in [0.4, 0.5) is 0 Å². The number of rotatable bonds is 8. The summed E-state index contributed by atoms with van der Waals surface area (Å²) in [6, 6.07) is 0. The average molecular weight is 423 g/mol. The maximum atomic E-state index is 11.9. The van der Waals surface area contributed by atoms with E-state index >= 15 is 0 Å². The summed E-state index contributed by atoms with van der Waals surface area (Å²) in [4.78, 5) is 11.9. The highest BCUT2D eigenvalue weighted by Crippen LogP contribution is 2.44. The number of fused-ring (bicyclic) bond motifs is 1. The molecule has 1 aliphatic heterocycles. The highest BCUT2D eigenvalue weighted by Gasteiger charge is 2.39. The van der Waals surface area contributed by atoms with Crippen LogP contribution in [0.25, 0.3) is 0 Å². The minimum absolute atomic E-state index is 0.0417. The van der Waals surface area contributed by atoms with Gasteiger partial charge in [0.25, 0.3) is 6.48 Å². The molecule has 0 saturated carbocycles. The molecule has 6 nitrogen and oxygen atoms in total. The Balaban J connectivity index is 1.63. The topological polar surface area (TPSA) is 74.2 Å². The fourth-order valence-corrected chi connectivity index (χ4v) is 5.20. The molecule has 0 radical (unpaired) electrons. The molecule has 0 spiro atoms. The monoisotopic (exact) mass is 422 g/mol. The quantitative estimate of drug-likeness (QED) is 0.597. The molecule has 170 valence electrons. The minimum Gasteiger partial charge on any atom is -0.466 e. The van der Waals surface area contributed by atoms with Gasteiger partial charge in [0.15, 0.2) is 0 Å². The summed E-state index contributed by atoms with van der Waals surface area (Å²) in [6.07, 6.45) is 9.69. The normalized spacial score (nSPS) is 38.6. The third kappa shape index (κ3) is 5.94. The second-order valence-corrected chi connectivity index (χ2v) is 8.94. The van der Waals surface area contributed by atoms with Crippen molar-refractivity contribution in [2.45, 2.75) is 84.6 Å². The number of hydrogen-bond acceptors (Lipinski definition) is 6. The van der Waals surface area contributed by atoms with Gasteiger partial charge in [-0.3, -0.25) is 4.79 Å². The summed E-state index contributed by atoms with van der Waals surface area (Å²) in [5, 5.41) is 10.8. The lowest BCUT2D eigenvalue weighted by Gasteiger charge is -2.42. The van der Waals surface area contributed by atoms with Gasteiger partial charge in [0.1, 0.15) is 0 Å². The van der Waals surface area contributed by atoms with E-state index in [9.17, 15) is 9.90 Å². The van der Waals surface area contributed by atoms with E-state index in [1.165, 1.54) is 5.57 Å². The van der Waals surface area contributed by atoms with Crippen molar-refractivity contribution in [3.05, 3.63) is 23.8 Å². The molecule has 0 aromatic rings. The van der Waals surface area contributed by atoms with Gasteiger partial charge >= 0.3 is 5.97 Å². The highest BCUT2D eigenvalue weighted by molar-refractivity contribution is 5.69. The minimum atomic E-state index is -0.742. The first-order chi connectivity index (χ1) is 14.4. The van der Waals surface area contributed by atoms with Crippen molar-refractivity contribution in [1.29, 1.82) is 0 Å². The number of carbonyl (C=O) groups excluding carboxylic acids is 1. The molecule has 0 aromatic heterocycles. The Morgan fingerprint density at radius 2 is 1.90 bits per heavy atom. The molecular formula is C24H38O6. The Kier molecular flexibility index (Phi) is 8.52. The lowest BCUT2D eigenvalue weighted by atomic mass is 9.65. The fraction of sp³-hybridized carbons (Fsp3) is 0.792. The number of carbonyl (C=O) groups is 1. The Hall–Kier alpha value is -1.21. The van der Waals surface area contributed by atoms with E-state index in [4.69, 9.17) is 18.9 Å². The van der Waals surface area contributed by atoms with E-state index < -0.39 is 6.48 Å². The van der Waals surface area contributed by atoms with Crippen LogP contribution in [0.1, 0.15) is 59.8 Å². The van der Waals surface area contributed by atoms with Gasteiger partial charge in [-0.25, -0.2) is 0 Å². The zero-order valence-corrected chi connectivity index (χ0v) is 18.8. The highest BCUT2D eigenvalue weighted by atomic mass is 16.9. The van der Waals surface area contributed by atoms with Crippen molar-refractivity contribution in [2.24, 2.45) is 23.7 Å². The number of aliphatic hydroxyl groups is 1. The zero-order chi connectivity index (χ0) is 21.7. The maximum Gasteiger partial charge on any atom is 0.308 e. The standard InChI is InChI=1S/C24H38O6/c1-5-27-22(26)14-19-13-18(29-24(30-19)28-6-2)9-10-20-16(4)7-8-17-11-15(3)12-21(25)23(17)20/h7-8,11,15-16,18-21,23-25H,5-6,9-10,12-14H2,1-4H3/t15-,16-,18+,19+,20-,21-,23-,24?/m0/s1. The van der Waals surface area contributed by atoms with Crippen molar-refractivity contribution in [3.8, 4) is 0 Å². The van der Waals surface area contributed by atoms with Crippen molar-refractivity contribution in [1.82, 2.24) is 0 Å². The van der Waals surface area contributed by atoms with Crippen LogP contribution < -0.4 is 0 Å². The molecule has 3 aliphatic rings. The second-order valence-electron chi connectivity index (χ2n) is 8.94. The molecule has 0 amide bonds. The van der Waals surface area contributed by atoms with Crippen LogP contribution in [-0.2, 0) is 23.7 Å². The van der Waals surface area contributed by atoms with Crippen LogP contribution in [0.15, 0.2) is 23.8 Å². The Labute approximate surface area is 180 Å². The van der Waals surface area contributed by atoms with Gasteiger partial charge in [-0.2, -0.15) is 0 Å². The first kappa shape index (κ1) is 23.5. The number of hydrogen-bond donors (Lipinski definition) is 1. The number of aliphatic hydroxyl groups excluding tert-OH is 1. The lowest BCUT2D eigenvalue weighted by Crippen LogP contribution is -2.42. The van der Waals surface area contributed by atoms with Crippen LogP contribution >= 0.6 is 0 Å². The predicted octanol–water partition coefficient (Wildman–Crippen LogP) is 3.98. The largest absolute Gasteiger partial charge is 0.466 e. The van der Waals surface area contributed by atoms with E-state index in [1.807, 2.05) is 6.92 Å². The van der Waals surface area contributed by atoms with Crippen molar-refractivity contribution in [3.63, 3.8) is 0 Å². The SMILES string of the molecule is CCOC(=O)C[C@H]1C[C@@H](CC[C@@H]2[C@@H]3C(=C[C@H](C)C[C@@H]3O)C=C[C@@H]2C)OC(OCC)O1. The van der Waals surface area contributed by atoms with E-state index in [0.29, 0.717) is 37.4 Å². The Bertz CT molecular complexity index is 629. The third-order valence-corrected chi connectivity index (χ3v) is 6.58. The van der Waals surface area contributed by atoms with Crippen LogP contribution in [0.3, 0.4) is 0 Å². The molecule has 1 unspecified atom stereocenters. The molecule has 0 bridgehead atoms. The summed E-state index contributed by atoms with van der Waals surface area (Å²) in [6.45, 7) is 8.21. The summed E-state index contributed by atoms with van der Waals surface area (Å²) in [7, 11) is 0. The van der Waals surface area contributed by atoms with E-state index in [-0.39, 0.29) is 36.6 Å².